The summed E-state index contributed by atoms with van der Waals surface area (Å²) in [6.45, 7) is 2.77. The molecule has 2 N–H and O–H groups in total. The number of rotatable bonds is 8. The van der Waals surface area contributed by atoms with Crippen molar-refractivity contribution in [2.75, 3.05) is 11.9 Å². The summed E-state index contributed by atoms with van der Waals surface area (Å²) in [5, 5.41) is 6.33. The number of carbonyl (C=O) groups excluding carboxylic acids is 1. The van der Waals surface area contributed by atoms with Gasteiger partial charge in [0.25, 0.3) is 0 Å². The van der Waals surface area contributed by atoms with Crippen molar-refractivity contribution in [1.82, 2.24) is 10.3 Å². The normalized spacial score (nSPS) is 14.9. The predicted octanol–water partition coefficient (Wildman–Crippen LogP) is 4.01. The number of aromatic nitrogens is 1. The van der Waals surface area contributed by atoms with Gasteiger partial charge in [-0.05, 0) is 53.9 Å². The minimum Gasteiger partial charge on any atom is -0.492 e. The van der Waals surface area contributed by atoms with E-state index < -0.39 is 9.84 Å². The summed E-state index contributed by atoms with van der Waals surface area (Å²) in [4.78, 5) is 16.8. The number of amides is 1. The van der Waals surface area contributed by atoms with Crippen molar-refractivity contribution in [2.45, 2.75) is 42.1 Å². The molecule has 0 bridgehead atoms. The van der Waals surface area contributed by atoms with Crippen LogP contribution in [0.2, 0.25) is 5.02 Å². The number of anilines is 1. The molecule has 0 radical (unpaired) electrons. The van der Waals surface area contributed by atoms with Crippen LogP contribution in [0.3, 0.4) is 0 Å². The summed E-state index contributed by atoms with van der Waals surface area (Å²) in [5.41, 5.74) is 2.72. The van der Waals surface area contributed by atoms with Crippen molar-refractivity contribution in [2.24, 2.45) is 0 Å². The van der Waals surface area contributed by atoms with Crippen LogP contribution in [0.4, 0.5) is 5.69 Å². The van der Waals surface area contributed by atoms with E-state index in [0.717, 1.165) is 23.2 Å². The molecule has 0 spiro atoms. The first-order valence-corrected chi connectivity index (χ1v) is 12.5. The molecule has 2 aromatic carbocycles. The lowest BCUT2D eigenvalue weighted by Gasteiger charge is -2.12. The lowest BCUT2D eigenvalue weighted by Crippen LogP contribution is -2.38. The molecule has 1 amide bonds. The van der Waals surface area contributed by atoms with Crippen LogP contribution in [0, 0.1) is 0 Å². The molecule has 172 valence electrons. The Morgan fingerprint density at radius 1 is 1.18 bits per heavy atom. The zero-order chi connectivity index (χ0) is 23.4. The van der Waals surface area contributed by atoms with E-state index >= 15 is 0 Å². The number of sulfone groups is 1. The fraction of sp³-hybridized carbons (Fsp3) is 0.250. The van der Waals surface area contributed by atoms with E-state index in [9.17, 15) is 13.2 Å². The maximum Gasteiger partial charge on any atom is 0.243 e. The second-order valence-corrected chi connectivity index (χ2v) is 10.1. The molecule has 1 aliphatic heterocycles. The molecule has 1 aromatic heterocycles. The Morgan fingerprint density at radius 3 is 2.64 bits per heavy atom. The number of pyridine rings is 1. The smallest absolute Gasteiger partial charge is 0.243 e. The molecular formula is C24H24ClN3O4S. The number of nitrogens with one attached hydrogen (secondary N) is 2. The molecule has 33 heavy (non-hydrogen) atoms. The van der Waals surface area contributed by atoms with Gasteiger partial charge in [-0.1, -0.05) is 30.7 Å². The van der Waals surface area contributed by atoms with Gasteiger partial charge < -0.3 is 15.4 Å². The van der Waals surface area contributed by atoms with Gasteiger partial charge in [-0.25, -0.2) is 8.42 Å². The Labute approximate surface area is 198 Å². The third kappa shape index (κ3) is 5.12. The van der Waals surface area contributed by atoms with Gasteiger partial charge in [0.15, 0.2) is 0 Å². The first kappa shape index (κ1) is 23.1. The predicted molar refractivity (Wildman–Crippen MR) is 126 cm³/mol. The molecule has 0 saturated heterocycles. The molecule has 3 aromatic rings. The summed E-state index contributed by atoms with van der Waals surface area (Å²) >= 11 is 6.20. The SMILES string of the molecule is CCCOc1ccc(S(=O)(=O)c2ccc(CNC(=O)C3Cc4cnccc4N3)cc2)cc1Cl. The van der Waals surface area contributed by atoms with Crippen molar-refractivity contribution in [1.29, 1.82) is 0 Å². The monoisotopic (exact) mass is 485 g/mol. The number of halogens is 1. The molecule has 1 unspecified atom stereocenters. The Morgan fingerprint density at radius 2 is 1.94 bits per heavy atom. The average molecular weight is 486 g/mol. The van der Waals surface area contributed by atoms with Gasteiger partial charge in [-0.3, -0.25) is 9.78 Å². The lowest BCUT2D eigenvalue weighted by molar-refractivity contribution is -0.121. The highest BCUT2D eigenvalue weighted by Crippen LogP contribution is 2.30. The molecule has 0 saturated carbocycles. The Hall–Kier alpha value is -3.10. The van der Waals surface area contributed by atoms with Crippen LogP contribution < -0.4 is 15.4 Å². The first-order valence-electron chi connectivity index (χ1n) is 10.6. The topological polar surface area (TPSA) is 97.4 Å². The van der Waals surface area contributed by atoms with Crippen LogP contribution in [0.5, 0.6) is 5.75 Å². The van der Waals surface area contributed by atoms with E-state index in [1.54, 1.807) is 30.6 Å². The van der Waals surface area contributed by atoms with E-state index in [4.69, 9.17) is 16.3 Å². The minimum absolute atomic E-state index is 0.0961. The van der Waals surface area contributed by atoms with Gasteiger partial charge in [-0.15, -0.1) is 0 Å². The van der Waals surface area contributed by atoms with Crippen LogP contribution in [-0.4, -0.2) is 32.0 Å². The lowest BCUT2D eigenvalue weighted by atomic mass is 10.1. The molecule has 2 heterocycles. The van der Waals surface area contributed by atoms with Gasteiger partial charge in [0.2, 0.25) is 15.7 Å². The molecule has 1 atom stereocenters. The van der Waals surface area contributed by atoms with Gasteiger partial charge >= 0.3 is 0 Å². The highest BCUT2D eigenvalue weighted by molar-refractivity contribution is 7.91. The summed E-state index contributed by atoms with van der Waals surface area (Å²) in [6, 6.07) is 12.4. The zero-order valence-corrected chi connectivity index (χ0v) is 19.6. The molecular weight excluding hydrogens is 462 g/mol. The minimum atomic E-state index is -3.73. The summed E-state index contributed by atoms with van der Waals surface area (Å²) in [7, 11) is -3.73. The Balaban J connectivity index is 1.38. The third-order valence-electron chi connectivity index (χ3n) is 5.35. The number of hydrogen-bond donors (Lipinski definition) is 2. The van der Waals surface area contributed by atoms with E-state index in [1.165, 1.54) is 24.3 Å². The van der Waals surface area contributed by atoms with E-state index in [2.05, 4.69) is 15.6 Å². The standard InChI is InChI=1S/C24H24ClN3O4S/c1-2-11-32-23-8-7-19(13-20(23)25)33(30,31)18-5-3-16(4-6-18)14-27-24(29)22-12-17-15-26-10-9-21(17)28-22/h3-10,13,15,22,28H,2,11-12,14H2,1H3,(H,27,29). The maximum absolute atomic E-state index is 13.0. The molecule has 7 nitrogen and oxygen atoms in total. The molecule has 9 heteroatoms. The second kappa shape index (κ2) is 9.80. The fourth-order valence-corrected chi connectivity index (χ4v) is 5.15. The van der Waals surface area contributed by atoms with Crippen LogP contribution in [0.1, 0.15) is 24.5 Å². The summed E-state index contributed by atoms with van der Waals surface area (Å²) in [6.07, 6.45) is 4.85. The number of fused-ring (bicyclic) bond motifs is 1. The largest absolute Gasteiger partial charge is 0.492 e. The number of nitrogens with zero attached hydrogens (tertiary/aromatic N) is 1. The van der Waals surface area contributed by atoms with Crippen LogP contribution in [0.15, 0.2) is 70.7 Å². The van der Waals surface area contributed by atoms with Crippen molar-refractivity contribution in [3.05, 3.63) is 77.1 Å². The second-order valence-electron chi connectivity index (χ2n) is 7.74. The average Bonchev–Trinajstić information content (AvgIpc) is 3.26. The van der Waals surface area contributed by atoms with Crippen LogP contribution in [-0.2, 0) is 27.6 Å². The fourth-order valence-electron chi connectivity index (χ4n) is 3.56. The van der Waals surface area contributed by atoms with Crippen molar-refractivity contribution < 1.29 is 17.9 Å². The van der Waals surface area contributed by atoms with E-state index in [1.807, 2.05) is 13.0 Å². The summed E-state index contributed by atoms with van der Waals surface area (Å²) in [5.74, 6) is 0.336. The van der Waals surface area contributed by atoms with Crippen molar-refractivity contribution in [3.63, 3.8) is 0 Å². The van der Waals surface area contributed by atoms with Gasteiger partial charge in [0.05, 0.1) is 21.4 Å². The van der Waals surface area contributed by atoms with E-state index in [0.29, 0.717) is 25.3 Å². The highest BCUT2D eigenvalue weighted by atomic mass is 35.5. The van der Waals surface area contributed by atoms with Gasteiger partial charge in [0, 0.05) is 31.0 Å². The molecule has 1 aliphatic rings. The van der Waals surface area contributed by atoms with Crippen LogP contribution >= 0.6 is 11.6 Å². The quantitative estimate of drug-likeness (QED) is 0.500. The third-order valence-corrected chi connectivity index (χ3v) is 7.41. The van der Waals surface area contributed by atoms with Gasteiger partial charge in [-0.2, -0.15) is 0 Å². The van der Waals surface area contributed by atoms with Crippen LogP contribution in [0.25, 0.3) is 0 Å². The summed E-state index contributed by atoms with van der Waals surface area (Å²) < 4.78 is 31.5. The van der Waals surface area contributed by atoms with E-state index in [-0.39, 0.29) is 26.8 Å². The van der Waals surface area contributed by atoms with Gasteiger partial charge in [0.1, 0.15) is 11.8 Å². The number of hydrogen-bond acceptors (Lipinski definition) is 6. The molecule has 0 fully saturated rings. The van der Waals surface area contributed by atoms with Crippen molar-refractivity contribution in [3.8, 4) is 5.75 Å². The number of ether oxygens (including phenoxy) is 1. The van der Waals surface area contributed by atoms with Crippen molar-refractivity contribution >= 4 is 33.0 Å². The Bertz CT molecular complexity index is 1240. The highest BCUT2D eigenvalue weighted by Gasteiger charge is 2.26. The number of carbonyl (C=O) groups is 1. The Kier molecular flexibility index (Phi) is 6.85. The molecule has 0 aliphatic carbocycles. The zero-order valence-electron chi connectivity index (χ0n) is 18.0. The molecule has 4 rings (SSSR count). The maximum atomic E-state index is 13.0. The number of benzene rings is 2. The first-order chi connectivity index (χ1) is 15.9.